The van der Waals surface area contributed by atoms with Crippen LogP contribution < -0.4 is 5.73 Å². The number of hydrogen-bond donors (Lipinski definition) is 2. The van der Waals surface area contributed by atoms with Crippen molar-refractivity contribution in [1.29, 1.82) is 0 Å². The van der Waals surface area contributed by atoms with Gasteiger partial charge in [0, 0.05) is 12.1 Å². The van der Waals surface area contributed by atoms with Gasteiger partial charge in [0.25, 0.3) is 0 Å². The summed E-state index contributed by atoms with van der Waals surface area (Å²) in [5, 5.41) is 9.22. The Bertz CT molecular complexity index is 308. The lowest BCUT2D eigenvalue weighted by Crippen LogP contribution is -2.48. The van der Waals surface area contributed by atoms with Crippen molar-refractivity contribution in [1.82, 2.24) is 4.90 Å². The Morgan fingerprint density at radius 3 is 2.78 bits per heavy atom. The standard InChI is InChI=1S/C14H26N2O2/c1-2-11-6-4-3-5-9-16(11)12-7-8-14(15,10-12)13(17)18/h11-12H,2-10,15H2,1H3,(H,17,18). The van der Waals surface area contributed by atoms with E-state index in [9.17, 15) is 9.90 Å². The molecule has 0 radical (unpaired) electrons. The van der Waals surface area contributed by atoms with Gasteiger partial charge in [-0.25, -0.2) is 0 Å². The molecule has 4 heteroatoms. The predicted octanol–water partition coefficient (Wildman–Crippen LogP) is 1.98. The molecule has 0 aromatic rings. The first-order valence-electron chi connectivity index (χ1n) is 7.35. The summed E-state index contributed by atoms with van der Waals surface area (Å²) in [6.45, 7) is 3.36. The van der Waals surface area contributed by atoms with Gasteiger partial charge in [-0.1, -0.05) is 19.8 Å². The monoisotopic (exact) mass is 254 g/mol. The Hall–Kier alpha value is -0.610. The van der Waals surface area contributed by atoms with Gasteiger partial charge in [0.15, 0.2) is 0 Å². The zero-order valence-corrected chi connectivity index (χ0v) is 11.4. The normalized spacial score (nSPS) is 38.6. The Kier molecular flexibility index (Phi) is 4.28. The van der Waals surface area contributed by atoms with Crippen molar-refractivity contribution in [3.63, 3.8) is 0 Å². The summed E-state index contributed by atoms with van der Waals surface area (Å²) < 4.78 is 0. The summed E-state index contributed by atoms with van der Waals surface area (Å²) in [6, 6.07) is 1.02. The Balaban J connectivity index is 2.04. The van der Waals surface area contributed by atoms with Gasteiger partial charge in [0.2, 0.25) is 0 Å². The predicted molar refractivity (Wildman–Crippen MR) is 71.4 cm³/mol. The molecule has 1 aliphatic carbocycles. The second-order valence-electron chi connectivity index (χ2n) is 6.01. The summed E-state index contributed by atoms with van der Waals surface area (Å²) in [7, 11) is 0. The highest BCUT2D eigenvalue weighted by Gasteiger charge is 2.44. The van der Waals surface area contributed by atoms with Crippen LogP contribution in [0.2, 0.25) is 0 Å². The minimum Gasteiger partial charge on any atom is -0.480 e. The molecule has 1 aliphatic heterocycles. The van der Waals surface area contributed by atoms with Gasteiger partial charge in [-0.15, -0.1) is 0 Å². The van der Waals surface area contributed by atoms with Gasteiger partial charge in [-0.2, -0.15) is 0 Å². The first kappa shape index (κ1) is 13.8. The molecule has 2 aliphatic rings. The van der Waals surface area contributed by atoms with Crippen molar-refractivity contribution in [3.8, 4) is 0 Å². The van der Waals surface area contributed by atoms with Crippen LogP contribution in [-0.4, -0.2) is 40.1 Å². The molecule has 1 saturated carbocycles. The zero-order chi connectivity index (χ0) is 13.2. The van der Waals surface area contributed by atoms with Crippen LogP contribution in [0.3, 0.4) is 0 Å². The summed E-state index contributed by atoms with van der Waals surface area (Å²) in [5.74, 6) is -0.826. The van der Waals surface area contributed by atoms with Gasteiger partial charge in [0.05, 0.1) is 0 Å². The molecule has 0 amide bonds. The van der Waals surface area contributed by atoms with E-state index in [1.807, 2.05) is 0 Å². The molecule has 3 atom stereocenters. The first-order valence-corrected chi connectivity index (χ1v) is 7.35. The fourth-order valence-electron chi connectivity index (χ4n) is 3.64. The van der Waals surface area contributed by atoms with E-state index in [1.54, 1.807) is 0 Å². The summed E-state index contributed by atoms with van der Waals surface area (Å²) in [4.78, 5) is 13.8. The lowest BCUT2D eigenvalue weighted by atomic mass is 9.98. The van der Waals surface area contributed by atoms with Crippen molar-refractivity contribution >= 4 is 5.97 Å². The maximum atomic E-state index is 11.2. The van der Waals surface area contributed by atoms with E-state index in [4.69, 9.17) is 5.73 Å². The molecule has 2 fully saturated rings. The van der Waals surface area contributed by atoms with Crippen molar-refractivity contribution < 1.29 is 9.90 Å². The number of carboxylic acids is 1. The topological polar surface area (TPSA) is 66.6 Å². The minimum atomic E-state index is -0.977. The van der Waals surface area contributed by atoms with Gasteiger partial charge in [0.1, 0.15) is 5.54 Å². The number of aliphatic carboxylic acids is 1. The number of nitrogens with two attached hydrogens (primary N) is 1. The molecule has 3 N–H and O–H groups in total. The highest BCUT2D eigenvalue weighted by molar-refractivity contribution is 5.79. The highest BCUT2D eigenvalue weighted by atomic mass is 16.4. The van der Waals surface area contributed by atoms with E-state index in [0.29, 0.717) is 24.9 Å². The average molecular weight is 254 g/mol. The molecule has 0 spiro atoms. The molecule has 0 bridgehead atoms. The van der Waals surface area contributed by atoms with Gasteiger partial charge in [-0.3, -0.25) is 9.69 Å². The second-order valence-corrected chi connectivity index (χ2v) is 6.01. The number of nitrogens with zero attached hydrogens (tertiary/aromatic N) is 1. The van der Waals surface area contributed by atoms with Gasteiger partial charge < -0.3 is 10.8 Å². The van der Waals surface area contributed by atoms with Gasteiger partial charge >= 0.3 is 5.97 Å². The molecule has 1 heterocycles. The smallest absolute Gasteiger partial charge is 0.323 e. The van der Waals surface area contributed by atoms with E-state index in [-0.39, 0.29) is 0 Å². The number of carboxylic acid groups (broad SMARTS) is 1. The molecule has 1 saturated heterocycles. The summed E-state index contributed by atoms with van der Waals surface area (Å²) >= 11 is 0. The molecular weight excluding hydrogens is 228 g/mol. The van der Waals surface area contributed by atoms with Crippen molar-refractivity contribution in [2.24, 2.45) is 5.73 Å². The van der Waals surface area contributed by atoms with E-state index in [2.05, 4.69) is 11.8 Å². The Labute approximate surface area is 110 Å². The van der Waals surface area contributed by atoms with Crippen LogP contribution in [0.1, 0.15) is 58.3 Å². The third kappa shape index (κ3) is 2.69. The average Bonchev–Trinajstić information content (AvgIpc) is 2.61. The van der Waals surface area contributed by atoms with Crippen LogP contribution in [0.25, 0.3) is 0 Å². The molecule has 2 rings (SSSR count). The van der Waals surface area contributed by atoms with Crippen LogP contribution in [0.15, 0.2) is 0 Å². The Morgan fingerprint density at radius 2 is 2.17 bits per heavy atom. The fraction of sp³-hybridized carbons (Fsp3) is 0.929. The third-order valence-electron chi connectivity index (χ3n) is 4.81. The lowest BCUT2D eigenvalue weighted by Gasteiger charge is -2.35. The van der Waals surface area contributed by atoms with Crippen molar-refractivity contribution in [2.75, 3.05) is 6.54 Å². The van der Waals surface area contributed by atoms with Crippen LogP contribution in [0.5, 0.6) is 0 Å². The quantitative estimate of drug-likeness (QED) is 0.808. The minimum absolute atomic E-state index is 0.383. The maximum Gasteiger partial charge on any atom is 0.323 e. The second kappa shape index (κ2) is 5.57. The van der Waals surface area contributed by atoms with Gasteiger partial charge in [-0.05, 0) is 45.1 Å². The van der Waals surface area contributed by atoms with Crippen molar-refractivity contribution in [2.45, 2.75) is 75.9 Å². The molecule has 4 nitrogen and oxygen atoms in total. The lowest BCUT2D eigenvalue weighted by molar-refractivity contribution is -0.143. The number of rotatable bonds is 3. The highest BCUT2D eigenvalue weighted by Crippen LogP contribution is 2.34. The summed E-state index contributed by atoms with van der Waals surface area (Å²) in [5.41, 5.74) is 5.02. The largest absolute Gasteiger partial charge is 0.480 e. The third-order valence-corrected chi connectivity index (χ3v) is 4.81. The molecule has 3 unspecified atom stereocenters. The molecule has 0 aromatic heterocycles. The van der Waals surface area contributed by atoms with E-state index >= 15 is 0 Å². The first-order chi connectivity index (χ1) is 8.57. The van der Waals surface area contributed by atoms with Crippen LogP contribution in [0, 0.1) is 0 Å². The number of hydrogen-bond acceptors (Lipinski definition) is 3. The van der Waals surface area contributed by atoms with E-state index in [0.717, 1.165) is 13.0 Å². The maximum absolute atomic E-state index is 11.2. The van der Waals surface area contributed by atoms with E-state index < -0.39 is 11.5 Å². The molecular formula is C14H26N2O2. The van der Waals surface area contributed by atoms with Crippen molar-refractivity contribution in [3.05, 3.63) is 0 Å². The molecule has 18 heavy (non-hydrogen) atoms. The summed E-state index contributed by atoms with van der Waals surface area (Å²) in [6.07, 6.45) is 8.50. The Morgan fingerprint density at radius 1 is 1.39 bits per heavy atom. The zero-order valence-electron chi connectivity index (χ0n) is 11.4. The molecule has 0 aromatic carbocycles. The number of carbonyl (C=O) groups is 1. The SMILES string of the molecule is CCC1CCCCCN1C1CCC(N)(C(=O)O)C1. The van der Waals surface area contributed by atoms with Crippen LogP contribution >= 0.6 is 0 Å². The van der Waals surface area contributed by atoms with Crippen LogP contribution in [-0.2, 0) is 4.79 Å². The van der Waals surface area contributed by atoms with E-state index in [1.165, 1.54) is 32.1 Å². The molecule has 104 valence electrons. The number of likely N-dealkylation sites (tertiary alicyclic amines) is 1. The fourth-order valence-corrected chi connectivity index (χ4v) is 3.64. The van der Waals surface area contributed by atoms with Crippen LogP contribution in [0.4, 0.5) is 0 Å².